The van der Waals surface area contributed by atoms with E-state index in [-0.39, 0.29) is 17.2 Å². The maximum Gasteiger partial charge on any atom is 0.490 e. The number of halogens is 3. The number of carbonyl (C=O) groups is 2. The summed E-state index contributed by atoms with van der Waals surface area (Å²) in [6, 6.07) is 6.97. The number of carboxylic acid groups (broad SMARTS) is 1. The lowest BCUT2D eigenvalue weighted by atomic mass is 9.88. The van der Waals surface area contributed by atoms with E-state index in [9.17, 15) is 26.4 Å². The van der Waals surface area contributed by atoms with Crippen LogP contribution in [0.5, 0.6) is 0 Å². The predicted molar refractivity (Wildman–Crippen MR) is 125 cm³/mol. The lowest BCUT2D eigenvalue weighted by molar-refractivity contribution is -0.192. The molecule has 1 atom stereocenters. The minimum Gasteiger partial charge on any atom is -0.475 e. The zero-order valence-electron chi connectivity index (χ0n) is 19.9. The summed E-state index contributed by atoms with van der Waals surface area (Å²) in [6.07, 6.45) is 4.33. The molecule has 2 aliphatic heterocycles. The van der Waals surface area contributed by atoms with Crippen molar-refractivity contribution in [2.24, 2.45) is 0 Å². The number of benzene rings is 1. The Labute approximate surface area is 204 Å². The molecule has 1 aliphatic carbocycles. The van der Waals surface area contributed by atoms with Crippen LogP contribution < -0.4 is 0 Å². The van der Waals surface area contributed by atoms with Gasteiger partial charge in [0.15, 0.2) is 0 Å². The van der Waals surface area contributed by atoms with Crippen molar-refractivity contribution in [3.63, 3.8) is 0 Å². The second-order valence-electron chi connectivity index (χ2n) is 9.79. The number of rotatable bonds is 5. The van der Waals surface area contributed by atoms with Crippen molar-refractivity contribution in [3.05, 3.63) is 34.9 Å². The molecule has 3 aliphatic rings. The van der Waals surface area contributed by atoms with E-state index in [0.29, 0.717) is 13.0 Å². The van der Waals surface area contributed by atoms with Gasteiger partial charge in [-0.3, -0.25) is 9.69 Å². The van der Waals surface area contributed by atoms with Crippen LogP contribution in [0.2, 0.25) is 0 Å². The first-order valence-corrected chi connectivity index (χ1v) is 14.0. The number of aryl methyl sites for hydroxylation is 2. The lowest BCUT2D eigenvalue weighted by Crippen LogP contribution is -2.48. The van der Waals surface area contributed by atoms with Gasteiger partial charge in [-0.1, -0.05) is 18.2 Å². The Kier molecular flexibility index (Phi) is 8.52. The first-order chi connectivity index (χ1) is 16.3. The zero-order valence-corrected chi connectivity index (χ0v) is 20.8. The molecule has 7 nitrogen and oxygen atoms in total. The number of likely N-dealkylation sites (tertiary alicyclic amines) is 2. The van der Waals surface area contributed by atoms with Gasteiger partial charge in [-0.05, 0) is 68.2 Å². The van der Waals surface area contributed by atoms with Gasteiger partial charge in [0.2, 0.25) is 5.91 Å². The average molecular weight is 519 g/mol. The Morgan fingerprint density at radius 2 is 1.74 bits per heavy atom. The molecule has 11 heteroatoms. The molecule has 0 saturated carbocycles. The fourth-order valence-corrected chi connectivity index (χ4v) is 5.90. The summed E-state index contributed by atoms with van der Waals surface area (Å²) in [6.45, 7) is 3.34. The molecule has 0 radical (unpaired) electrons. The largest absolute Gasteiger partial charge is 0.490 e. The van der Waals surface area contributed by atoms with Crippen molar-refractivity contribution >= 4 is 21.7 Å². The van der Waals surface area contributed by atoms with Crippen molar-refractivity contribution < 1.29 is 36.3 Å². The molecule has 1 N–H and O–H groups in total. The Morgan fingerprint density at radius 1 is 1.06 bits per heavy atom. The SMILES string of the molecule is CS(=O)(=O)CCN1C(=O)CCC12CCCN(Cc1ccc3c(c1)CCC3)CC2.O=C(O)C(F)(F)F. The van der Waals surface area contributed by atoms with E-state index in [1.54, 1.807) is 0 Å². The molecule has 4 rings (SSSR count). The molecule has 1 amide bonds. The number of aliphatic carboxylic acids is 1. The molecule has 2 saturated heterocycles. The highest BCUT2D eigenvalue weighted by molar-refractivity contribution is 7.90. The van der Waals surface area contributed by atoms with E-state index in [4.69, 9.17) is 9.90 Å². The van der Waals surface area contributed by atoms with Gasteiger partial charge in [0.25, 0.3) is 0 Å². The third-order valence-corrected chi connectivity index (χ3v) is 8.11. The number of fused-ring (bicyclic) bond motifs is 1. The number of nitrogens with zero attached hydrogens (tertiary/aromatic N) is 2. The van der Waals surface area contributed by atoms with Crippen LogP contribution >= 0.6 is 0 Å². The van der Waals surface area contributed by atoms with Crippen LogP contribution in [0.25, 0.3) is 0 Å². The maximum absolute atomic E-state index is 12.5. The Balaban J connectivity index is 0.000000429. The summed E-state index contributed by atoms with van der Waals surface area (Å²) in [5.74, 6) is -2.55. The molecule has 196 valence electrons. The molecule has 1 spiro atoms. The minimum absolute atomic E-state index is 0.0688. The normalized spacial score (nSPS) is 23.1. The van der Waals surface area contributed by atoms with Crippen LogP contribution in [-0.4, -0.2) is 78.6 Å². The molecule has 0 bridgehead atoms. The Morgan fingerprint density at radius 3 is 2.40 bits per heavy atom. The predicted octanol–water partition coefficient (Wildman–Crippen LogP) is 3.20. The third-order valence-electron chi connectivity index (χ3n) is 7.18. The van der Waals surface area contributed by atoms with Crippen LogP contribution in [-0.2, 0) is 38.8 Å². The second kappa shape index (κ2) is 10.9. The summed E-state index contributed by atoms with van der Waals surface area (Å²) >= 11 is 0. The Hall–Kier alpha value is -2.14. The first kappa shape index (κ1) is 27.4. The van der Waals surface area contributed by atoms with E-state index in [2.05, 4.69) is 23.1 Å². The number of hydrogen-bond acceptors (Lipinski definition) is 5. The molecule has 1 aromatic rings. The molecule has 1 aromatic carbocycles. The lowest BCUT2D eigenvalue weighted by Gasteiger charge is -2.38. The van der Waals surface area contributed by atoms with E-state index < -0.39 is 22.0 Å². The summed E-state index contributed by atoms with van der Waals surface area (Å²) in [5.41, 5.74) is 4.31. The second-order valence-corrected chi connectivity index (χ2v) is 12.0. The van der Waals surface area contributed by atoms with Crippen LogP contribution in [0.15, 0.2) is 18.2 Å². The van der Waals surface area contributed by atoms with Gasteiger partial charge < -0.3 is 10.0 Å². The highest BCUT2D eigenvalue weighted by Gasteiger charge is 2.45. The summed E-state index contributed by atoms with van der Waals surface area (Å²) in [5, 5.41) is 7.12. The van der Waals surface area contributed by atoms with Gasteiger partial charge in [-0.25, -0.2) is 13.2 Å². The number of carbonyl (C=O) groups excluding carboxylic acids is 1. The third kappa shape index (κ3) is 7.42. The van der Waals surface area contributed by atoms with Crippen LogP contribution in [0.3, 0.4) is 0 Å². The smallest absolute Gasteiger partial charge is 0.475 e. The molecular formula is C24H33F3N2O5S. The topological polar surface area (TPSA) is 95.0 Å². The molecule has 2 fully saturated rings. The van der Waals surface area contributed by atoms with Gasteiger partial charge in [-0.2, -0.15) is 13.2 Å². The van der Waals surface area contributed by atoms with E-state index in [1.165, 1.54) is 42.2 Å². The van der Waals surface area contributed by atoms with E-state index in [0.717, 1.165) is 45.3 Å². The number of amides is 1. The fourth-order valence-electron chi connectivity index (χ4n) is 5.39. The Bertz CT molecular complexity index is 1040. The van der Waals surface area contributed by atoms with Crippen LogP contribution in [0, 0.1) is 0 Å². The number of hydrogen-bond donors (Lipinski definition) is 1. The van der Waals surface area contributed by atoms with Gasteiger partial charge in [0, 0.05) is 37.8 Å². The first-order valence-electron chi connectivity index (χ1n) is 11.9. The van der Waals surface area contributed by atoms with Gasteiger partial charge in [-0.15, -0.1) is 0 Å². The highest BCUT2D eigenvalue weighted by atomic mass is 32.2. The van der Waals surface area contributed by atoms with Gasteiger partial charge in [0.05, 0.1) is 5.75 Å². The molecule has 1 unspecified atom stereocenters. The van der Waals surface area contributed by atoms with E-state index in [1.807, 2.05) is 4.90 Å². The fraction of sp³-hybridized carbons (Fsp3) is 0.667. The van der Waals surface area contributed by atoms with E-state index >= 15 is 0 Å². The minimum atomic E-state index is -5.08. The average Bonchev–Trinajstić information content (AvgIpc) is 3.27. The van der Waals surface area contributed by atoms with Crippen molar-refractivity contribution in [2.75, 3.05) is 31.6 Å². The molecule has 2 heterocycles. The maximum atomic E-state index is 12.5. The summed E-state index contributed by atoms with van der Waals surface area (Å²) in [7, 11) is -3.06. The monoisotopic (exact) mass is 518 g/mol. The molecule has 0 aromatic heterocycles. The number of sulfone groups is 1. The van der Waals surface area contributed by atoms with Crippen LogP contribution in [0.4, 0.5) is 13.2 Å². The van der Waals surface area contributed by atoms with Crippen molar-refractivity contribution in [1.82, 2.24) is 9.80 Å². The molecule has 35 heavy (non-hydrogen) atoms. The molecular weight excluding hydrogens is 485 g/mol. The number of carboxylic acids is 1. The van der Waals surface area contributed by atoms with Crippen LogP contribution in [0.1, 0.15) is 55.2 Å². The van der Waals surface area contributed by atoms with Crippen molar-refractivity contribution in [3.8, 4) is 0 Å². The quantitative estimate of drug-likeness (QED) is 0.644. The highest BCUT2D eigenvalue weighted by Crippen LogP contribution is 2.39. The van der Waals surface area contributed by atoms with Gasteiger partial charge in [0.1, 0.15) is 9.84 Å². The standard InChI is InChI=1S/C22H32N2O3S.C2HF3O2/c1-28(26,27)15-14-24-21(25)8-10-22(24)9-3-12-23(13-11-22)17-18-6-7-19-4-2-5-20(19)16-18;3-2(4,5)1(6)7/h6-7,16H,2-5,8-15,17H2,1H3;(H,6,7). The number of alkyl halides is 3. The summed E-state index contributed by atoms with van der Waals surface area (Å²) in [4.78, 5) is 25.8. The summed E-state index contributed by atoms with van der Waals surface area (Å²) < 4.78 is 55.0. The van der Waals surface area contributed by atoms with Gasteiger partial charge >= 0.3 is 12.1 Å². The van der Waals surface area contributed by atoms with Crippen molar-refractivity contribution in [1.29, 1.82) is 0 Å². The van der Waals surface area contributed by atoms with Crippen molar-refractivity contribution in [2.45, 2.75) is 69.6 Å². The zero-order chi connectivity index (χ0) is 25.9.